The highest BCUT2D eigenvalue weighted by Gasteiger charge is 2.27. The number of hydrogen-bond acceptors (Lipinski definition) is 24. The molecule has 0 saturated heterocycles. The first-order valence-corrected chi connectivity index (χ1v) is 38.5. The highest BCUT2D eigenvalue weighted by molar-refractivity contribution is 8.46. The smallest absolute Gasteiger partial charge is 0.0667 e. The fourth-order valence-corrected chi connectivity index (χ4v) is 34.4. The molecule has 0 aromatic carbocycles. The Morgan fingerprint density at radius 2 is 0.500 bits per heavy atom. The van der Waals surface area contributed by atoms with Crippen LogP contribution in [-0.2, 0) is 0 Å². The Labute approximate surface area is 449 Å². The number of allylic oxidation sites excluding steroid dienone is 6. The molecule has 0 aromatic heterocycles. The molecule has 0 saturated carbocycles. The Morgan fingerprint density at radius 1 is 0.310 bits per heavy atom. The summed E-state index contributed by atoms with van der Waals surface area (Å²) >= 11 is 51.1. The van der Waals surface area contributed by atoms with Gasteiger partial charge < -0.3 is 0 Å². The van der Waals surface area contributed by atoms with E-state index in [1.165, 1.54) is 77.6 Å². The molecule has 0 atom stereocenters. The first-order valence-electron chi connectivity index (χ1n) is 16.1. The van der Waals surface area contributed by atoms with E-state index in [1.807, 2.05) is 259 Å². The summed E-state index contributed by atoms with van der Waals surface area (Å²) in [4.78, 5) is 2.67. The van der Waals surface area contributed by atoms with E-state index < -0.39 is 0 Å². The summed E-state index contributed by atoms with van der Waals surface area (Å²) in [5, 5.41) is 2.03. The van der Waals surface area contributed by atoms with E-state index in [0.29, 0.717) is 0 Å². The second-order valence-electron chi connectivity index (χ2n) is 10.2. The third-order valence-electron chi connectivity index (χ3n) is 6.75. The van der Waals surface area contributed by atoms with Crippen LogP contribution in [0.4, 0.5) is 0 Å². The minimum absolute atomic E-state index is 0.781. The fourth-order valence-electron chi connectivity index (χ4n) is 4.25. The Kier molecular flexibility index (Phi) is 25.5. The molecule has 0 aromatic rings. The molecular formula is C34H34S24. The largest absolute Gasteiger partial charge is 0.174 e. The zero-order valence-electron chi connectivity index (χ0n) is 31.2. The van der Waals surface area contributed by atoms with Gasteiger partial charge in [-0.25, -0.2) is 0 Å². The van der Waals surface area contributed by atoms with Crippen molar-refractivity contribution < 1.29 is 0 Å². The number of thioether (sulfide) groups is 22. The predicted octanol–water partition coefficient (Wildman–Crippen LogP) is 20.6. The van der Waals surface area contributed by atoms with E-state index in [2.05, 4.69) is 99.2 Å². The van der Waals surface area contributed by atoms with Crippen LogP contribution >= 0.6 is 284 Å². The molecular weight excluding hydrogens is 1180 g/mol. The van der Waals surface area contributed by atoms with Crippen LogP contribution < -0.4 is 0 Å². The van der Waals surface area contributed by atoms with Crippen molar-refractivity contribution in [3.05, 3.63) is 114 Å². The normalized spacial score (nSPS) is 23.3. The van der Waals surface area contributed by atoms with Crippen LogP contribution in [0.25, 0.3) is 0 Å². The average Bonchev–Trinajstić information content (AvgIpc) is 4.11. The lowest BCUT2D eigenvalue weighted by molar-refractivity contribution is 1.61. The van der Waals surface area contributed by atoms with E-state index >= 15 is 0 Å². The summed E-state index contributed by atoms with van der Waals surface area (Å²) in [7, 11) is 0. The van der Waals surface area contributed by atoms with E-state index in [-0.39, 0.29) is 0 Å². The van der Waals surface area contributed by atoms with Crippen molar-refractivity contribution in [3.63, 3.8) is 0 Å². The second kappa shape index (κ2) is 28.1. The lowest BCUT2D eigenvalue weighted by Crippen LogP contribution is -1.80. The molecule has 0 N–H and O–H groups in total. The standard InChI is InChI=1S/C34H34S24/c1-37-25-26(38-2)50-20(49-25)9-10-22-52-28(40-4)32(56-22)44-16-46-34-30(42-6)54-24(58-34)12-11-23-53-29(41-5)33(57-23)45-15-43-31-27(39-3)51-21(55-31)8-7-19-47-17(13-35)18(14-36)48-19/h7-12,35-36H,13-16H2,1-6H3. The minimum atomic E-state index is 0.781. The lowest BCUT2D eigenvalue weighted by Gasteiger charge is -2.04. The summed E-state index contributed by atoms with van der Waals surface area (Å²) in [6, 6.07) is 0. The Hall–Kier alpha value is 5.28. The lowest BCUT2D eigenvalue weighted by atomic mass is 10.6. The van der Waals surface area contributed by atoms with Gasteiger partial charge in [-0.2, -0.15) is 25.3 Å². The molecule has 6 aliphatic rings. The summed E-state index contributed by atoms with van der Waals surface area (Å²) in [5.74, 6) is 1.56. The maximum Gasteiger partial charge on any atom is 0.0667 e. The first-order chi connectivity index (χ1) is 28.3. The third-order valence-corrected chi connectivity index (χ3v) is 36.9. The van der Waals surface area contributed by atoms with E-state index in [1.54, 1.807) is 0 Å². The molecule has 0 radical (unpaired) electrons. The highest BCUT2D eigenvalue weighted by Crippen LogP contribution is 2.63. The van der Waals surface area contributed by atoms with Crippen LogP contribution in [0.15, 0.2) is 114 Å². The summed E-state index contributed by atoms with van der Waals surface area (Å²) in [5.41, 5.74) is 0. The van der Waals surface area contributed by atoms with Gasteiger partial charge in [-0.3, -0.25) is 0 Å². The van der Waals surface area contributed by atoms with E-state index in [4.69, 9.17) is 0 Å². The van der Waals surface area contributed by atoms with Gasteiger partial charge in [-0.1, -0.05) is 141 Å². The van der Waals surface area contributed by atoms with Crippen LogP contribution in [0.5, 0.6) is 0 Å². The van der Waals surface area contributed by atoms with Gasteiger partial charge in [0.15, 0.2) is 0 Å². The zero-order chi connectivity index (χ0) is 41.0. The van der Waals surface area contributed by atoms with Crippen molar-refractivity contribution in [3.8, 4) is 0 Å². The van der Waals surface area contributed by atoms with Gasteiger partial charge >= 0.3 is 0 Å². The Morgan fingerprint density at radius 3 is 0.707 bits per heavy atom. The van der Waals surface area contributed by atoms with Crippen molar-refractivity contribution in [1.29, 1.82) is 0 Å². The van der Waals surface area contributed by atoms with Crippen molar-refractivity contribution >= 4 is 284 Å². The predicted molar refractivity (Wildman–Crippen MR) is 331 cm³/mol. The van der Waals surface area contributed by atoms with Gasteiger partial charge in [0.05, 0.1) is 63.6 Å². The molecule has 0 fully saturated rings. The number of thiol groups is 2. The molecule has 314 valence electrons. The van der Waals surface area contributed by atoms with Gasteiger partial charge in [0.2, 0.25) is 0 Å². The highest BCUT2D eigenvalue weighted by atomic mass is 32.3. The molecule has 0 nitrogen and oxygen atoms in total. The molecule has 6 heterocycles. The molecule has 58 heavy (non-hydrogen) atoms. The molecule has 0 bridgehead atoms. The van der Waals surface area contributed by atoms with Gasteiger partial charge in [-0.15, -0.1) is 118 Å². The SMILES string of the molecule is CSC1=C(SC)SC(=CC=C2SC(SC)=C(SCSC3=C(SC)SC(=CC=C4SC(SC)=C(SCSC5=C(SC)SC(=CC=C6SC(CS)=C(CS)S6)S5)S4)S3)S2)S1. The minimum Gasteiger partial charge on any atom is -0.174 e. The quantitative estimate of drug-likeness (QED) is 0.0930. The van der Waals surface area contributed by atoms with Gasteiger partial charge in [0, 0.05) is 35.7 Å². The van der Waals surface area contributed by atoms with E-state index in [0.717, 1.165) is 21.7 Å². The number of rotatable bonds is 19. The molecule has 0 aliphatic carbocycles. The summed E-state index contributed by atoms with van der Waals surface area (Å²) < 4.78 is 22.4. The van der Waals surface area contributed by atoms with Crippen molar-refractivity contribution in [1.82, 2.24) is 0 Å². The van der Waals surface area contributed by atoms with Crippen LogP contribution in [0, 0.1) is 0 Å². The Balaban J connectivity index is 0.952. The van der Waals surface area contributed by atoms with Crippen LogP contribution in [0.3, 0.4) is 0 Å². The van der Waals surface area contributed by atoms with Crippen molar-refractivity contribution in [2.45, 2.75) is 0 Å². The van der Waals surface area contributed by atoms with Crippen molar-refractivity contribution in [2.24, 2.45) is 0 Å². The van der Waals surface area contributed by atoms with Gasteiger partial charge in [0.25, 0.3) is 0 Å². The molecule has 0 spiro atoms. The Bertz CT molecular complexity index is 1790. The van der Waals surface area contributed by atoms with Crippen LogP contribution in [0.1, 0.15) is 0 Å². The number of hydrogen-bond donors (Lipinski definition) is 2. The molecule has 24 heteroatoms. The van der Waals surface area contributed by atoms with E-state index in [9.17, 15) is 0 Å². The third kappa shape index (κ3) is 15.4. The molecule has 6 rings (SSSR count). The second-order valence-corrected chi connectivity index (χ2v) is 37.3. The van der Waals surface area contributed by atoms with Gasteiger partial charge in [0.1, 0.15) is 0 Å². The van der Waals surface area contributed by atoms with Gasteiger partial charge in [-0.05, 0) is 74.0 Å². The topological polar surface area (TPSA) is 0 Å². The van der Waals surface area contributed by atoms with Crippen molar-refractivity contribution in [2.75, 3.05) is 59.2 Å². The molecule has 6 aliphatic heterocycles. The maximum atomic E-state index is 4.51. The fraction of sp³-hybridized carbons (Fsp3) is 0.294. The zero-order valence-corrected chi connectivity index (χ0v) is 50.9. The monoisotopic (exact) mass is 1210 g/mol. The van der Waals surface area contributed by atoms with Crippen LogP contribution in [-0.4, -0.2) is 59.2 Å². The average molecular weight is 1210 g/mol. The first kappa shape index (κ1) is 52.6. The van der Waals surface area contributed by atoms with Crippen LogP contribution in [0.2, 0.25) is 0 Å². The summed E-state index contributed by atoms with van der Waals surface area (Å²) in [6.45, 7) is 0. The molecule has 0 unspecified atom stereocenters. The molecule has 0 amide bonds. The summed E-state index contributed by atoms with van der Waals surface area (Å²) in [6.07, 6.45) is 27.0. The maximum absolute atomic E-state index is 4.51.